The molecule has 0 bridgehead atoms. The number of rotatable bonds is 9. The molecule has 1 fully saturated rings. The number of aromatic nitrogens is 1. The van der Waals surface area contributed by atoms with Crippen molar-refractivity contribution < 1.29 is 32.5 Å². The molecule has 2 aromatic carbocycles. The zero-order chi connectivity index (χ0) is 35.0. The molecule has 9 heteroatoms. The van der Waals surface area contributed by atoms with Gasteiger partial charge in [0.2, 0.25) is 5.82 Å². The Bertz CT molecular complexity index is 1640. The predicted octanol–water partition coefficient (Wildman–Crippen LogP) is 8.85. The molecule has 0 N–H and O–H groups in total. The number of carbonyl (C=O) groups is 1. The molecule has 5 rings (SSSR count). The lowest BCUT2D eigenvalue weighted by Crippen LogP contribution is -2.39. The Hall–Kier alpha value is -3.72. The highest BCUT2D eigenvalue weighted by Gasteiger charge is 2.38. The highest BCUT2D eigenvalue weighted by atomic mass is 19.2. The molecule has 48 heavy (non-hydrogen) atoms. The standard InChI is InChI=1S/C39H50F2N2O5/c1-23(2)46-37(44)36(48-38(5,6)7)33-25(4)42-24(3)32(35(33)43-19-17-39(8,9)18-20-43)27-14-16-30-26(21-27)13-15-28(47-30)22-45-31-12-10-11-29(40)34(31)41/h10-12,14,16,21,23,28,36H,13,15,17-20,22H2,1-9H3/t28?,36-/m0/s1. The Kier molecular flexibility index (Phi) is 10.4. The highest BCUT2D eigenvalue weighted by Crippen LogP contribution is 2.46. The van der Waals surface area contributed by atoms with Crippen molar-refractivity contribution in [2.75, 3.05) is 24.6 Å². The lowest BCUT2D eigenvalue weighted by Gasteiger charge is -2.41. The van der Waals surface area contributed by atoms with Crippen LogP contribution >= 0.6 is 0 Å². The molecule has 0 spiro atoms. The average Bonchev–Trinajstić information content (AvgIpc) is 2.99. The van der Waals surface area contributed by atoms with Gasteiger partial charge in [-0.25, -0.2) is 9.18 Å². The molecule has 3 heterocycles. The van der Waals surface area contributed by atoms with Crippen molar-refractivity contribution in [2.45, 2.75) is 112 Å². The van der Waals surface area contributed by atoms with Crippen LogP contribution in [0.3, 0.4) is 0 Å². The summed E-state index contributed by atoms with van der Waals surface area (Å²) >= 11 is 0. The Morgan fingerprint density at radius 3 is 2.46 bits per heavy atom. The smallest absolute Gasteiger partial charge is 0.340 e. The molecule has 7 nitrogen and oxygen atoms in total. The summed E-state index contributed by atoms with van der Waals surface area (Å²) in [5.41, 5.74) is 5.88. The summed E-state index contributed by atoms with van der Waals surface area (Å²) in [5, 5.41) is 0. The molecule has 1 unspecified atom stereocenters. The van der Waals surface area contributed by atoms with Crippen LogP contribution in [-0.4, -0.2) is 48.5 Å². The molecule has 2 atom stereocenters. The Balaban J connectivity index is 1.54. The molecule has 1 saturated heterocycles. The number of nitrogens with zero attached hydrogens (tertiary/aromatic N) is 2. The number of ether oxygens (including phenoxy) is 4. The van der Waals surface area contributed by atoms with Gasteiger partial charge in [-0.3, -0.25) is 4.98 Å². The summed E-state index contributed by atoms with van der Waals surface area (Å²) in [5.74, 6) is -1.77. The topological polar surface area (TPSA) is 70.1 Å². The van der Waals surface area contributed by atoms with Crippen molar-refractivity contribution in [3.8, 4) is 22.6 Å². The van der Waals surface area contributed by atoms with E-state index in [-0.39, 0.29) is 30.0 Å². The third kappa shape index (κ3) is 8.11. The van der Waals surface area contributed by atoms with Crippen LogP contribution in [0.2, 0.25) is 0 Å². The largest absolute Gasteiger partial charge is 0.487 e. The van der Waals surface area contributed by atoms with Crippen LogP contribution < -0.4 is 14.4 Å². The first-order chi connectivity index (χ1) is 22.5. The minimum atomic E-state index is -1.000. The van der Waals surface area contributed by atoms with Crippen molar-refractivity contribution in [3.63, 3.8) is 0 Å². The summed E-state index contributed by atoms with van der Waals surface area (Å²) < 4.78 is 52.0. The van der Waals surface area contributed by atoms with Crippen molar-refractivity contribution in [2.24, 2.45) is 5.41 Å². The third-order valence-corrected chi connectivity index (χ3v) is 9.03. The van der Waals surface area contributed by atoms with Crippen molar-refractivity contribution in [3.05, 3.63) is 70.5 Å². The first-order valence-corrected chi connectivity index (χ1v) is 17.0. The number of esters is 1. The second-order valence-electron chi connectivity index (χ2n) is 15.1. The minimum Gasteiger partial charge on any atom is -0.487 e. The summed E-state index contributed by atoms with van der Waals surface area (Å²) in [6.07, 6.45) is 1.81. The first-order valence-electron chi connectivity index (χ1n) is 17.0. The second kappa shape index (κ2) is 14.0. The van der Waals surface area contributed by atoms with Gasteiger partial charge < -0.3 is 23.8 Å². The molecule has 0 amide bonds. The van der Waals surface area contributed by atoms with E-state index in [2.05, 4.69) is 24.8 Å². The zero-order valence-corrected chi connectivity index (χ0v) is 29.8. The van der Waals surface area contributed by atoms with E-state index in [9.17, 15) is 13.6 Å². The molecule has 260 valence electrons. The molecule has 0 radical (unpaired) electrons. The molecular weight excluding hydrogens is 614 g/mol. The van der Waals surface area contributed by atoms with Gasteiger partial charge in [-0.15, -0.1) is 0 Å². The average molecular weight is 665 g/mol. The van der Waals surface area contributed by atoms with Gasteiger partial charge in [-0.1, -0.05) is 26.0 Å². The Labute approximate surface area is 283 Å². The lowest BCUT2D eigenvalue weighted by atomic mass is 9.81. The monoisotopic (exact) mass is 664 g/mol. The summed E-state index contributed by atoms with van der Waals surface area (Å²) in [7, 11) is 0. The van der Waals surface area contributed by atoms with Crippen LogP contribution in [0.4, 0.5) is 14.5 Å². The van der Waals surface area contributed by atoms with Crippen LogP contribution in [0.5, 0.6) is 11.5 Å². The van der Waals surface area contributed by atoms with Crippen LogP contribution in [0.25, 0.3) is 11.1 Å². The zero-order valence-electron chi connectivity index (χ0n) is 29.8. The number of pyridine rings is 1. The Morgan fingerprint density at radius 2 is 1.79 bits per heavy atom. The van der Waals surface area contributed by atoms with E-state index in [4.69, 9.17) is 23.9 Å². The fraction of sp³-hybridized carbons (Fsp3) is 0.538. The van der Waals surface area contributed by atoms with E-state index in [1.54, 1.807) is 0 Å². The van der Waals surface area contributed by atoms with E-state index < -0.39 is 29.3 Å². The van der Waals surface area contributed by atoms with E-state index in [0.29, 0.717) is 6.42 Å². The van der Waals surface area contributed by atoms with Gasteiger partial charge in [-0.2, -0.15) is 4.39 Å². The van der Waals surface area contributed by atoms with Crippen LogP contribution in [0.15, 0.2) is 36.4 Å². The first kappa shape index (κ1) is 35.6. The predicted molar refractivity (Wildman–Crippen MR) is 184 cm³/mol. The maximum absolute atomic E-state index is 14.1. The molecule has 0 aliphatic carbocycles. The SMILES string of the molecule is Cc1nc(C)c([C@H](OC(C)(C)C)C(=O)OC(C)C)c(N2CCC(C)(C)CC2)c1-c1ccc2c(c1)CCC(COc1cccc(F)c1F)O2. The summed E-state index contributed by atoms with van der Waals surface area (Å²) in [6, 6.07) is 10.0. The number of hydrogen-bond acceptors (Lipinski definition) is 7. The molecule has 0 saturated carbocycles. The highest BCUT2D eigenvalue weighted by molar-refractivity contribution is 5.89. The number of piperidine rings is 1. The maximum Gasteiger partial charge on any atom is 0.340 e. The van der Waals surface area contributed by atoms with Crippen molar-refractivity contribution >= 4 is 11.7 Å². The van der Waals surface area contributed by atoms with Gasteiger partial charge in [-0.05, 0) is 115 Å². The second-order valence-corrected chi connectivity index (χ2v) is 15.1. The molecule has 2 aliphatic rings. The lowest BCUT2D eigenvalue weighted by molar-refractivity contribution is -0.171. The fourth-order valence-electron chi connectivity index (χ4n) is 6.54. The van der Waals surface area contributed by atoms with Gasteiger partial charge in [0, 0.05) is 35.6 Å². The fourth-order valence-corrected chi connectivity index (χ4v) is 6.54. The number of halogens is 2. The van der Waals surface area contributed by atoms with Crippen molar-refractivity contribution in [1.29, 1.82) is 0 Å². The maximum atomic E-state index is 14.1. The number of benzene rings is 2. The summed E-state index contributed by atoms with van der Waals surface area (Å²) in [6.45, 7) is 19.9. The van der Waals surface area contributed by atoms with Crippen LogP contribution in [0.1, 0.15) is 96.3 Å². The van der Waals surface area contributed by atoms with E-state index in [1.165, 1.54) is 12.1 Å². The van der Waals surface area contributed by atoms with Crippen LogP contribution in [0, 0.1) is 30.9 Å². The number of hydrogen-bond donors (Lipinski definition) is 0. The van der Waals surface area contributed by atoms with E-state index >= 15 is 0 Å². The number of aryl methyl sites for hydroxylation is 3. The van der Waals surface area contributed by atoms with Gasteiger partial charge in [0.15, 0.2) is 17.7 Å². The summed E-state index contributed by atoms with van der Waals surface area (Å²) in [4.78, 5) is 21.2. The normalized spacial score (nSPS) is 18.2. The minimum absolute atomic E-state index is 0.100. The number of carbonyl (C=O) groups excluding carboxylic acids is 1. The van der Waals surface area contributed by atoms with Gasteiger partial charge >= 0.3 is 5.97 Å². The van der Waals surface area contributed by atoms with Gasteiger partial charge in [0.25, 0.3) is 0 Å². The quantitative estimate of drug-likeness (QED) is 0.212. The van der Waals surface area contributed by atoms with Gasteiger partial charge in [0.05, 0.1) is 17.4 Å². The van der Waals surface area contributed by atoms with E-state index in [1.807, 2.05) is 60.6 Å². The third-order valence-electron chi connectivity index (χ3n) is 9.03. The number of anilines is 1. The molecular formula is C39H50F2N2O5. The van der Waals surface area contributed by atoms with Crippen molar-refractivity contribution in [1.82, 2.24) is 4.98 Å². The van der Waals surface area contributed by atoms with E-state index in [0.717, 1.165) is 83.5 Å². The molecule has 3 aromatic rings. The Morgan fingerprint density at radius 1 is 1.08 bits per heavy atom. The number of fused-ring (bicyclic) bond motifs is 1. The van der Waals surface area contributed by atoms with Crippen LogP contribution in [-0.2, 0) is 20.7 Å². The molecule has 1 aromatic heterocycles. The van der Waals surface area contributed by atoms with Gasteiger partial charge in [0.1, 0.15) is 18.5 Å². The molecule has 2 aliphatic heterocycles.